The standard InChI is InChI=1S/C22H33F2N3O.C21H29F4N3O.C21H30F3N3O3.C21H30F3N3O2.C19H25ClF3N3O/c1-7-8-9-27(6)13-17-12-25-26-21(17)19-10-18(28-14-15(2)3)11-20(16(19)4)22(5,23)24;1-5-6-8-28(4)13-15-12-26-27-20(15)17-10-16(21(23,24)25)11-18(19(17)22)29-9-7-14(2)3;1-5-7-8-27(3)14-15-13-25-26-20(15)16-11-17(21(22,23)24)19(30-10-9-28-4)12-18(16)29-6-2;1-5-6-10-27(3)14-16-13-25-26-20(16)17-8-9-18(29-12-7-11-28-4)19(15(17)2)21(22,23)24;1-4-6-7-26(3)12-13-11-24-25-18(13)14-9-15(19(21,22)23)17(10-16(14)20)27-8-5-2/h10-12,15H,7-9,13-14H2,1-6H3,(H,25,26);10-12,14H,5-9,13H2,1-4H3,(H,26,27);11-13H,5-10,14H2,1-4H3,(H,25,26);8-9,13H,5-7,10-12,14H2,1-4H3,(H,25,26);9-11H,4-8,12H2,1-3H3,(H,24,25). The van der Waals surface area contributed by atoms with Gasteiger partial charge >= 0.3 is 24.7 Å². The number of rotatable bonds is 52. The zero-order valence-corrected chi connectivity index (χ0v) is 87.3. The molecule has 10 aromatic rings. The number of unbranched alkanes of at least 4 members (excludes halogenated alkanes) is 5. The topological polar surface area (TPSA) is 233 Å². The summed E-state index contributed by atoms with van der Waals surface area (Å²) in [7, 11) is 12.9. The van der Waals surface area contributed by atoms with E-state index in [-0.39, 0.29) is 83.3 Å². The number of aromatic amines is 5. The number of alkyl halides is 14. The quantitative estimate of drug-likeness (QED) is 0.0176. The number of halogens is 16. The molecule has 10 rings (SSSR count). The second kappa shape index (κ2) is 59.5. The number of hydrogen-bond acceptors (Lipinski definition) is 18. The first-order valence-corrected chi connectivity index (χ1v) is 49.1. The van der Waals surface area contributed by atoms with Gasteiger partial charge in [0.15, 0.2) is 11.6 Å². The Morgan fingerprint density at radius 1 is 0.357 bits per heavy atom. The van der Waals surface area contributed by atoms with Gasteiger partial charge < -0.3 is 62.4 Å². The minimum absolute atomic E-state index is 0.00201. The van der Waals surface area contributed by atoms with Crippen LogP contribution in [0.2, 0.25) is 5.02 Å². The van der Waals surface area contributed by atoms with E-state index in [1.807, 2.05) is 73.8 Å². The van der Waals surface area contributed by atoms with Crippen LogP contribution < -0.4 is 28.4 Å². The number of hydrogen-bond donors (Lipinski definition) is 5. The molecule has 0 bridgehead atoms. The van der Waals surface area contributed by atoms with Gasteiger partial charge in [-0.3, -0.25) is 25.5 Å². The van der Waals surface area contributed by atoms with Gasteiger partial charge in [0.1, 0.15) is 40.9 Å². The van der Waals surface area contributed by atoms with Crippen molar-refractivity contribution in [3.63, 3.8) is 0 Å². The van der Waals surface area contributed by atoms with Crippen LogP contribution in [0.15, 0.2) is 91.6 Å². The monoisotopic (exact) mass is 2050 g/mol. The van der Waals surface area contributed by atoms with Gasteiger partial charge in [-0.15, -0.1) is 0 Å². The summed E-state index contributed by atoms with van der Waals surface area (Å²) in [6.07, 6.45) is 2.38. The summed E-state index contributed by atoms with van der Waals surface area (Å²) in [6, 6.07) is 12.5. The zero-order chi connectivity index (χ0) is 106. The Morgan fingerprint density at radius 3 is 1.16 bits per heavy atom. The second-order valence-electron chi connectivity index (χ2n) is 36.5. The number of ether oxygens (including phenoxy) is 8. The Bertz CT molecular complexity index is 5380. The van der Waals surface area contributed by atoms with Crippen molar-refractivity contribution in [2.75, 3.05) is 135 Å². The first kappa shape index (κ1) is 122. The van der Waals surface area contributed by atoms with Crippen LogP contribution in [0.5, 0.6) is 34.5 Å². The van der Waals surface area contributed by atoms with Crippen LogP contribution in [0.25, 0.3) is 56.3 Å². The fourth-order valence-corrected chi connectivity index (χ4v) is 15.5. The third-order valence-corrected chi connectivity index (χ3v) is 23.2. The van der Waals surface area contributed by atoms with E-state index in [0.29, 0.717) is 140 Å². The van der Waals surface area contributed by atoms with Crippen LogP contribution in [0.4, 0.5) is 65.9 Å². The van der Waals surface area contributed by atoms with E-state index in [9.17, 15) is 61.5 Å². The fourth-order valence-electron chi connectivity index (χ4n) is 15.2. The summed E-state index contributed by atoms with van der Waals surface area (Å²) < 4.78 is 250. The highest BCUT2D eigenvalue weighted by molar-refractivity contribution is 6.33. The Balaban J connectivity index is 0.000000274. The van der Waals surface area contributed by atoms with Crippen LogP contribution in [-0.4, -0.2) is 211 Å². The van der Waals surface area contributed by atoms with Crippen LogP contribution in [0.3, 0.4) is 0 Å². The Kier molecular flexibility index (Phi) is 50.6. The minimum Gasteiger partial charge on any atom is -0.493 e. The molecule has 0 saturated carbocycles. The lowest BCUT2D eigenvalue weighted by Gasteiger charge is -2.21. The summed E-state index contributed by atoms with van der Waals surface area (Å²) in [5, 5.41) is 34.7. The van der Waals surface area contributed by atoms with E-state index >= 15 is 4.39 Å². The van der Waals surface area contributed by atoms with E-state index < -0.39 is 64.4 Å². The van der Waals surface area contributed by atoms with E-state index in [1.54, 1.807) is 51.8 Å². The van der Waals surface area contributed by atoms with Gasteiger partial charge in [0.25, 0.3) is 5.92 Å². The van der Waals surface area contributed by atoms with E-state index in [4.69, 9.17) is 49.5 Å². The van der Waals surface area contributed by atoms with Crippen molar-refractivity contribution < 1.29 is 104 Å². The summed E-state index contributed by atoms with van der Waals surface area (Å²) in [5.74, 6) is -3.48. The molecule has 0 aliphatic rings. The summed E-state index contributed by atoms with van der Waals surface area (Å²) in [4.78, 5) is 10.6. The predicted octanol–water partition coefficient (Wildman–Crippen LogP) is 27.2. The third kappa shape index (κ3) is 38.7. The highest BCUT2D eigenvalue weighted by atomic mass is 35.5. The molecular weight excluding hydrogens is 1910 g/mol. The smallest absolute Gasteiger partial charge is 0.420 e. The van der Waals surface area contributed by atoms with Gasteiger partial charge in [-0.1, -0.05) is 113 Å². The Labute approximate surface area is 837 Å². The van der Waals surface area contributed by atoms with E-state index in [1.165, 1.54) is 44.5 Å². The number of aromatic nitrogens is 10. The van der Waals surface area contributed by atoms with Crippen molar-refractivity contribution in [1.82, 2.24) is 75.5 Å². The largest absolute Gasteiger partial charge is 0.493 e. The molecule has 143 heavy (non-hydrogen) atoms. The molecule has 0 spiro atoms. The maximum atomic E-state index is 15.1. The van der Waals surface area contributed by atoms with Crippen molar-refractivity contribution in [3.8, 4) is 90.8 Å². The molecule has 5 aromatic carbocycles. The number of H-pyrrole nitrogens is 5. The molecule has 23 nitrogen and oxygen atoms in total. The molecule has 0 atom stereocenters. The highest BCUT2D eigenvalue weighted by Crippen LogP contribution is 2.49. The predicted molar refractivity (Wildman–Crippen MR) is 532 cm³/mol. The third-order valence-electron chi connectivity index (χ3n) is 22.9. The molecule has 0 aliphatic heterocycles. The number of nitrogens with one attached hydrogen (secondary N) is 5. The van der Waals surface area contributed by atoms with Crippen molar-refractivity contribution >= 4 is 11.6 Å². The second-order valence-corrected chi connectivity index (χ2v) is 36.9. The van der Waals surface area contributed by atoms with Gasteiger partial charge in [-0.05, 0) is 205 Å². The Morgan fingerprint density at radius 2 is 0.762 bits per heavy atom. The van der Waals surface area contributed by atoms with Crippen molar-refractivity contribution in [2.45, 2.75) is 244 Å². The molecule has 0 unspecified atom stereocenters. The number of methoxy groups -OCH3 is 2. The molecule has 0 amide bonds. The molecule has 5 N–H and O–H groups in total. The molecule has 0 saturated heterocycles. The molecule has 0 aliphatic carbocycles. The average molecular weight is 2060 g/mol. The highest BCUT2D eigenvalue weighted by Gasteiger charge is 2.41. The summed E-state index contributed by atoms with van der Waals surface area (Å²) >= 11 is 6.31. The lowest BCUT2D eigenvalue weighted by molar-refractivity contribution is -0.140. The zero-order valence-electron chi connectivity index (χ0n) is 86.5. The summed E-state index contributed by atoms with van der Waals surface area (Å²) in [5.41, 5.74) is 5.59. The van der Waals surface area contributed by atoms with Crippen LogP contribution in [0.1, 0.15) is 233 Å². The molecule has 5 heterocycles. The number of nitrogens with zero attached hydrogens (tertiary/aromatic N) is 10. The van der Waals surface area contributed by atoms with Crippen molar-refractivity contribution in [3.05, 3.63) is 169 Å². The first-order chi connectivity index (χ1) is 67.6. The van der Waals surface area contributed by atoms with E-state index in [0.717, 1.165) is 156 Å². The Hall–Kier alpha value is -10.1. The molecular formula is C104H147ClF15N15O8. The fraction of sp³-hybridized carbons (Fsp3) is 0.567. The van der Waals surface area contributed by atoms with Crippen LogP contribution in [0, 0.1) is 31.5 Å². The molecule has 5 aromatic heterocycles. The molecule has 0 fully saturated rings. The van der Waals surface area contributed by atoms with E-state index in [2.05, 4.69) is 112 Å². The normalized spacial score (nSPS) is 12.1. The van der Waals surface area contributed by atoms with Crippen LogP contribution >= 0.6 is 11.6 Å². The van der Waals surface area contributed by atoms with Gasteiger partial charge in [0, 0.05) is 140 Å². The van der Waals surface area contributed by atoms with Crippen molar-refractivity contribution in [1.29, 1.82) is 0 Å². The van der Waals surface area contributed by atoms with Crippen LogP contribution in [-0.2, 0) is 72.8 Å². The molecule has 39 heteroatoms. The number of benzene rings is 5. The summed E-state index contributed by atoms with van der Waals surface area (Å²) in [6.45, 7) is 35.6. The van der Waals surface area contributed by atoms with Gasteiger partial charge in [0.2, 0.25) is 0 Å². The lowest BCUT2D eigenvalue weighted by Crippen LogP contribution is -2.19. The average Bonchev–Trinajstić information content (AvgIpc) is 1.77. The molecule has 798 valence electrons. The minimum atomic E-state index is -4.61. The maximum absolute atomic E-state index is 15.1. The maximum Gasteiger partial charge on any atom is 0.420 e. The lowest BCUT2D eigenvalue weighted by atomic mass is 9.94. The first-order valence-electron chi connectivity index (χ1n) is 48.7. The van der Waals surface area contributed by atoms with Crippen molar-refractivity contribution in [2.24, 2.45) is 11.8 Å². The van der Waals surface area contributed by atoms with Gasteiger partial charge in [-0.2, -0.15) is 78.2 Å². The van der Waals surface area contributed by atoms with Gasteiger partial charge in [0.05, 0.1) is 121 Å². The molecule has 0 radical (unpaired) electrons. The SMILES string of the molecule is CCCCN(C)Cc1cn[nH]c1-c1cc(C(F)(F)F)c(OCCC)cc1Cl.CCCCN(C)Cc1cn[nH]c1-c1cc(C(F)(F)F)c(OCCOC)cc1OCC.CCCCN(C)Cc1cn[nH]c1-c1cc(C(F)(F)F)cc(OCCC(C)C)c1F.CCCCN(C)Cc1cn[nH]c1-c1cc(OCC(C)C)cc(C(C)(F)F)c1C.CCCCN(C)Cc1cn[nH]c1-c1ccc(OCCCOC)c(C(F)(F)F)c1C. The van der Waals surface area contributed by atoms with Gasteiger partial charge in [-0.25, -0.2) is 13.2 Å².